The lowest BCUT2D eigenvalue weighted by atomic mass is 10.3. The van der Waals surface area contributed by atoms with Gasteiger partial charge in [0.2, 0.25) is 0 Å². The Balaban J connectivity index is 1.75. The Labute approximate surface area is 108 Å². The number of fused-ring (bicyclic) bond motifs is 1. The van der Waals surface area contributed by atoms with E-state index in [0.717, 1.165) is 25.1 Å². The van der Waals surface area contributed by atoms with Crippen LogP contribution in [0.3, 0.4) is 0 Å². The fraction of sp³-hybridized carbons (Fsp3) is 0.250. The first-order valence-corrected chi connectivity index (χ1v) is 5.86. The summed E-state index contributed by atoms with van der Waals surface area (Å²) in [5, 5.41) is 15.5. The van der Waals surface area contributed by atoms with Crippen LogP contribution in [0.15, 0.2) is 18.5 Å². The Hall–Kier alpha value is -2.75. The molecule has 94 valence electrons. The Bertz CT molecular complexity index is 645. The highest BCUT2D eigenvalue weighted by Crippen LogP contribution is 2.18. The highest BCUT2D eigenvalue weighted by molar-refractivity contribution is 6.02. The monoisotopic (exact) mass is 254 g/mol. The standard InChI is InChI=1S/C12H10N6O/c13-5-8-6-15-10(7-14-8)12(19)16-11-4-9-2-1-3-18(9)17-11/h4,6-7H,1-3H2,(H,16,17,19). The highest BCUT2D eigenvalue weighted by atomic mass is 16.2. The molecule has 2 aromatic rings. The van der Waals surface area contributed by atoms with Crippen LogP contribution in [0.1, 0.15) is 28.3 Å². The number of aromatic nitrogens is 4. The van der Waals surface area contributed by atoms with Gasteiger partial charge in [0.15, 0.2) is 11.5 Å². The molecule has 0 atom stereocenters. The lowest BCUT2D eigenvalue weighted by Crippen LogP contribution is -2.14. The van der Waals surface area contributed by atoms with Gasteiger partial charge < -0.3 is 5.32 Å². The third-order valence-electron chi connectivity index (χ3n) is 2.91. The molecular formula is C12H10N6O. The van der Waals surface area contributed by atoms with Crippen molar-refractivity contribution in [2.45, 2.75) is 19.4 Å². The van der Waals surface area contributed by atoms with Crippen molar-refractivity contribution < 1.29 is 4.79 Å². The normalized spacial score (nSPS) is 12.8. The van der Waals surface area contributed by atoms with Crippen molar-refractivity contribution in [1.29, 1.82) is 5.26 Å². The zero-order valence-electron chi connectivity index (χ0n) is 10.00. The minimum absolute atomic E-state index is 0.159. The second-order valence-corrected chi connectivity index (χ2v) is 4.20. The molecule has 19 heavy (non-hydrogen) atoms. The number of carbonyl (C=O) groups is 1. The van der Waals surface area contributed by atoms with Crippen LogP contribution >= 0.6 is 0 Å². The second-order valence-electron chi connectivity index (χ2n) is 4.20. The second kappa shape index (κ2) is 4.49. The van der Waals surface area contributed by atoms with Crippen molar-refractivity contribution in [3.05, 3.63) is 35.5 Å². The van der Waals surface area contributed by atoms with Gasteiger partial charge in [-0.2, -0.15) is 10.4 Å². The summed E-state index contributed by atoms with van der Waals surface area (Å²) >= 11 is 0. The SMILES string of the molecule is N#Cc1cnc(C(=O)Nc2cc3n(n2)CCC3)cn1. The van der Waals surface area contributed by atoms with E-state index in [1.807, 2.05) is 16.8 Å². The van der Waals surface area contributed by atoms with Crippen molar-refractivity contribution in [2.75, 3.05) is 5.32 Å². The van der Waals surface area contributed by atoms with E-state index in [4.69, 9.17) is 5.26 Å². The molecule has 7 heteroatoms. The van der Waals surface area contributed by atoms with Gasteiger partial charge in [-0.3, -0.25) is 9.48 Å². The van der Waals surface area contributed by atoms with Gasteiger partial charge >= 0.3 is 0 Å². The van der Waals surface area contributed by atoms with Crippen LogP contribution in [0.4, 0.5) is 5.82 Å². The number of amides is 1. The molecule has 0 saturated carbocycles. The summed E-state index contributed by atoms with van der Waals surface area (Å²) < 4.78 is 1.89. The predicted octanol–water partition coefficient (Wildman–Crippen LogP) is 0.743. The third-order valence-corrected chi connectivity index (χ3v) is 2.91. The Morgan fingerprint density at radius 2 is 2.32 bits per heavy atom. The maximum absolute atomic E-state index is 11.9. The molecule has 3 rings (SSSR count). The summed E-state index contributed by atoms with van der Waals surface area (Å²) in [5.41, 5.74) is 1.46. The molecule has 0 aliphatic carbocycles. The molecule has 1 amide bonds. The van der Waals surface area contributed by atoms with Crippen LogP contribution in [-0.2, 0) is 13.0 Å². The van der Waals surface area contributed by atoms with E-state index in [1.165, 1.54) is 12.4 Å². The topological polar surface area (TPSA) is 96.5 Å². The van der Waals surface area contributed by atoms with Crippen LogP contribution in [-0.4, -0.2) is 25.7 Å². The smallest absolute Gasteiger partial charge is 0.277 e. The number of rotatable bonds is 2. The molecule has 1 aliphatic heterocycles. The fourth-order valence-corrected chi connectivity index (χ4v) is 2.00. The molecule has 1 N–H and O–H groups in total. The highest BCUT2D eigenvalue weighted by Gasteiger charge is 2.16. The molecule has 1 aliphatic rings. The molecular weight excluding hydrogens is 244 g/mol. The molecule has 0 spiro atoms. The predicted molar refractivity (Wildman–Crippen MR) is 65.2 cm³/mol. The van der Waals surface area contributed by atoms with E-state index in [0.29, 0.717) is 5.82 Å². The number of aryl methyl sites for hydroxylation is 2. The number of anilines is 1. The molecule has 0 fully saturated rings. The summed E-state index contributed by atoms with van der Waals surface area (Å²) in [7, 11) is 0. The minimum atomic E-state index is -0.381. The number of hydrogen-bond donors (Lipinski definition) is 1. The zero-order chi connectivity index (χ0) is 13.2. The van der Waals surface area contributed by atoms with Gasteiger partial charge in [0.25, 0.3) is 5.91 Å². The van der Waals surface area contributed by atoms with Crippen LogP contribution < -0.4 is 5.32 Å². The summed E-state index contributed by atoms with van der Waals surface area (Å²) in [4.78, 5) is 19.6. The lowest BCUT2D eigenvalue weighted by Gasteiger charge is -2.00. The van der Waals surface area contributed by atoms with E-state index in [2.05, 4.69) is 20.4 Å². The minimum Gasteiger partial charge on any atom is -0.304 e. The first-order chi connectivity index (χ1) is 9.26. The van der Waals surface area contributed by atoms with Crippen molar-refractivity contribution in [3.8, 4) is 6.07 Å². The summed E-state index contributed by atoms with van der Waals surface area (Å²) in [6.07, 6.45) is 4.62. The maximum Gasteiger partial charge on any atom is 0.277 e. The van der Waals surface area contributed by atoms with Gasteiger partial charge in [0, 0.05) is 18.3 Å². The average Bonchev–Trinajstić information content (AvgIpc) is 2.99. The first kappa shape index (κ1) is 11.3. The van der Waals surface area contributed by atoms with Crippen LogP contribution in [0.25, 0.3) is 0 Å². The molecule has 7 nitrogen and oxygen atoms in total. The van der Waals surface area contributed by atoms with E-state index in [9.17, 15) is 4.79 Å². The Kier molecular flexibility index (Phi) is 2.68. The van der Waals surface area contributed by atoms with Gasteiger partial charge in [0.1, 0.15) is 11.8 Å². The molecule has 0 aromatic carbocycles. The lowest BCUT2D eigenvalue weighted by molar-refractivity contribution is 0.102. The summed E-state index contributed by atoms with van der Waals surface area (Å²) in [6, 6.07) is 3.71. The van der Waals surface area contributed by atoms with E-state index in [1.54, 1.807) is 0 Å². The Morgan fingerprint density at radius 1 is 1.42 bits per heavy atom. The van der Waals surface area contributed by atoms with Crippen LogP contribution in [0, 0.1) is 11.3 Å². The zero-order valence-corrected chi connectivity index (χ0v) is 10.00. The van der Waals surface area contributed by atoms with Gasteiger partial charge in [-0.05, 0) is 12.8 Å². The fourth-order valence-electron chi connectivity index (χ4n) is 2.00. The maximum atomic E-state index is 11.9. The van der Waals surface area contributed by atoms with E-state index >= 15 is 0 Å². The van der Waals surface area contributed by atoms with Gasteiger partial charge in [-0.25, -0.2) is 9.97 Å². The largest absolute Gasteiger partial charge is 0.304 e. The number of nitrogens with one attached hydrogen (secondary N) is 1. The molecule has 0 bridgehead atoms. The number of hydrogen-bond acceptors (Lipinski definition) is 5. The first-order valence-electron chi connectivity index (χ1n) is 5.86. The Morgan fingerprint density at radius 3 is 3.00 bits per heavy atom. The van der Waals surface area contributed by atoms with E-state index < -0.39 is 0 Å². The van der Waals surface area contributed by atoms with Crippen molar-refractivity contribution in [1.82, 2.24) is 19.7 Å². The average molecular weight is 254 g/mol. The molecule has 2 aromatic heterocycles. The van der Waals surface area contributed by atoms with Gasteiger partial charge in [-0.1, -0.05) is 0 Å². The van der Waals surface area contributed by atoms with Crippen molar-refractivity contribution >= 4 is 11.7 Å². The molecule has 0 radical (unpaired) electrons. The van der Waals surface area contributed by atoms with Gasteiger partial charge in [0.05, 0.1) is 12.4 Å². The quantitative estimate of drug-likeness (QED) is 0.852. The van der Waals surface area contributed by atoms with Crippen LogP contribution in [0.5, 0.6) is 0 Å². The molecule has 0 saturated heterocycles. The molecule has 0 unspecified atom stereocenters. The summed E-state index contributed by atoms with van der Waals surface area (Å²) in [5.74, 6) is 0.139. The number of carbonyl (C=O) groups excluding carboxylic acids is 1. The van der Waals surface area contributed by atoms with Crippen molar-refractivity contribution in [3.63, 3.8) is 0 Å². The van der Waals surface area contributed by atoms with Crippen molar-refractivity contribution in [2.24, 2.45) is 0 Å². The number of nitrogens with zero attached hydrogens (tertiary/aromatic N) is 5. The van der Waals surface area contributed by atoms with Gasteiger partial charge in [-0.15, -0.1) is 0 Å². The third kappa shape index (κ3) is 2.15. The summed E-state index contributed by atoms with van der Waals surface area (Å²) in [6.45, 7) is 0.891. The molecule has 3 heterocycles. The van der Waals surface area contributed by atoms with Crippen LogP contribution in [0.2, 0.25) is 0 Å². The number of nitriles is 1. The van der Waals surface area contributed by atoms with E-state index in [-0.39, 0.29) is 17.3 Å².